The third kappa shape index (κ3) is 2.20. The van der Waals surface area contributed by atoms with Crippen LogP contribution in [0, 0.1) is 0 Å². The van der Waals surface area contributed by atoms with Crippen molar-refractivity contribution in [1.82, 2.24) is 0 Å². The molecule has 0 N–H and O–H groups in total. The number of benzene rings is 1. The van der Waals surface area contributed by atoms with Gasteiger partial charge in [0.2, 0.25) is 0 Å². The Morgan fingerprint density at radius 2 is 2.14 bits per heavy atom. The van der Waals surface area contributed by atoms with Crippen molar-refractivity contribution >= 4 is 40.1 Å². The van der Waals surface area contributed by atoms with Gasteiger partial charge in [0.05, 0.1) is 0 Å². The van der Waals surface area contributed by atoms with Crippen LogP contribution in [0.2, 0.25) is 0 Å². The molecule has 2 aromatic rings. The van der Waals surface area contributed by atoms with Gasteiger partial charge in [0.15, 0.2) is 0 Å². The molecule has 0 aliphatic rings. The van der Waals surface area contributed by atoms with Crippen molar-refractivity contribution in [3.8, 4) is 0 Å². The van der Waals surface area contributed by atoms with Gasteiger partial charge < -0.3 is 0 Å². The van der Waals surface area contributed by atoms with Crippen molar-refractivity contribution in [2.45, 2.75) is 6.42 Å². The summed E-state index contributed by atoms with van der Waals surface area (Å²) in [5.41, 5.74) is 0. The van der Waals surface area contributed by atoms with Crippen LogP contribution >= 0.6 is 24.0 Å². The highest BCUT2D eigenvalue weighted by Gasteiger charge is 1.96. The highest BCUT2D eigenvalue weighted by molar-refractivity contribution is 7.80. The Balaban J connectivity index is 2.27. The lowest BCUT2D eigenvalue weighted by Crippen LogP contribution is -1.65. The number of fused-ring (bicyclic) bond motifs is 1. The van der Waals surface area contributed by atoms with Gasteiger partial charge in [0.25, 0.3) is 0 Å². The molecule has 0 saturated carbocycles. The monoisotopic (exact) mass is 220 g/mol. The molecule has 0 aliphatic carbocycles. The number of thiophene rings is 1. The summed E-state index contributed by atoms with van der Waals surface area (Å²) in [5, 5.41) is 1.34. The Morgan fingerprint density at radius 1 is 1.29 bits per heavy atom. The average Bonchev–Trinajstić information content (AvgIpc) is 2.60. The van der Waals surface area contributed by atoms with Gasteiger partial charge in [-0.25, -0.2) is 0 Å². The van der Waals surface area contributed by atoms with Crippen molar-refractivity contribution in [2.75, 3.05) is 5.75 Å². The first-order chi connectivity index (χ1) is 6.90. The maximum Gasteiger partial charge on any atom is 0.0349 e. The second-order valence-corrected chi connectivity index (χ2v) is 4.66. The average molecular weight is 220 g/mol. The molecule has 0 saturated heterocycles. The molecule has 2 heteroatoms. The summed E-state index contributed by atoms with van der Waals surface area (Å²) in [7, 11) is 0. The third-order valence-corrected chi connectivity index (χ3v) is 3.36. The normalized spacial score (nSPS) is 11.5. The van der Waals surface area contributed by atoms with Crippen molar-refractivity contribution in [3.63, 3.8) is 0 Å². The standard InChI is InChI=1S/C12H12S2/c13-8-4-3-6-11-9-10-5-1-2-7-12(10)14-11/h1-3,5-7,9,13H,4,8H2. The van der Waals surface area contributed by atoms with Crippen molar-refractivity contribution in [1.29, 1.82) is 0 Å². The Bertz CT molecular complexity index is 407. The number of allylic oxidation sites excluding steroid dienone is 1. The van der Waals surface area contributed by atoms with Crippen molar-refractivity contribution < 1.29 is 0 Å². The SMILES string of the molecule is SCCC=Cc1cc2ccccc2s1. The van der Waals surface area contributed by atoms with Gasteiger partial charge in [0, 0.05) is 9.58 Å². The molecule has 0 amide bonds. The van der Waals surface area contributed by atoms with Crippen LogP contribution in [0.4, 0.5) is 0 Å². The topological polar surface area (TPSA) is 0 Å². The first-order valence-electron chi connectivity index (χ1n) is 4.66. The summed E-state index contributed by atoms with van der Waals surface area (Å²) < 4.78 is 1.36. The highest BCUT2D eigenvalue weighted by Crippen LogP contribution is 2.26. The second kappa shape index (κ2) is 4.67. The number of hydrogen-bond acceptors (Lipinski definition) is 2. The Hall–Kier alpha value is -0.730. The molecule has 0 fully saturated rings. The molecule has 1 heterocycles. The van der Waals surface area contributed by atoms with E-state index in [1.807, 2.05) is 11.3 Å². The molecule has 1 aromatic heterocycles. The summed E-state index contributed by atoms with van der Waals surface area (Å²) in [5.74, 6) is 0.918. The number of hydrogen-bond donors (Lipinski definition) is 1. The smallest absolute Gasteiger partial charge is 0.0349 e. The quantitative estimate of drug-likeness (QED) is 0.735. The fourth-order valence-corrected chi connectivity index (χ4v) is 2.50. The summed E-state index contributed by atoms with van der Waals surface area (Å²) >= 11 is 6.01. The molecule has 72 valence electrons. The molecule has 0 nitrogen and oxygen atoms in total. The van der Waals surface area contributed by atoms with Gasteiger partial charge in [0.1, 0.15) is 0 Å². The Morgan fingerprint density at radius 3 is 2.93 bits per heavy atom. The molecule has 14 heavy (non-hydrogen) atoms. The van der Waals surface area contributed by atoms with Gasteiger partial charge in [-0.15, -0.1) is 11.3 Å². The lowest BCUT2D eigenvalue weighted by Gasteiger charge is -1.83. The summed E-state index contributed by atoms with van der Waals surface area (Å²) in [6.45, 7) is 0. The van der Waals surface area contributed by atoms with Gasteiger partial charge in [-0.1, -0.05) is 24.3 Å². The zero-order valence-electron chi connectivity index (χ0n) is 7.81. The molecule has 1 aromatic carbocycles. The fraction of sp³-hybridized carbons (Fsp3) is 0.167. The van der Waals surface area contributed by atoms with E-state index in [-0.39, 0.29) is 0 Å². The molecule has 0 radical (unpaired) electrons. The Kier molecular flexibility index (Phi) is 3.27. The predicted molar refractivity (Wildman–Crippen MR) is 69.3 cm³/mol. The molecule has 0 atom stereocenters. The first kappa shape index (κ1) is 9.81. The zero-order valence-corrected chi connectivity index (χ0v) is 9.52. The van der Waals surface area contributed by atoms with Crippen LogP contribution in [0.15, 0.2) is 36.4 Å². The van der Waals surface area contributed by atoms with E-state index in [1.54, 1.807) is 0 Å². The number of thiol groups is 1. The van der Waals surface area contributed by atoms with Crippen LogP contribution < -0.4 is 0 Å². The fourth-order valence-electron chi connectivity index (χ4n) is 1.36. The van der Waals surface area contributed by atoms with E-state index in [4.69, 9.17) is 0 Å². The van der Waals surface area contributed by atoms with Crippen LogP contribution in [0.5, 0.6) is 0 Å². The van der Waals surface area contributed by atoms with Crippen molar-refractivity contribution in [3.05, 3.63) is 41.3 Å². The van der Waals surface area contributed by atoms with E-state index < -0.39 is 0 Å². The largest absolute Gasteiger partial charge is 0.179 e. The minimum Gasteiger partial charge on any atom is -0.179 e. The van der Waals surface area contributed by atoms with Crippen LogP contribution in [0.1, 0.15) is 11.3 Å². The summed E-state index contributed by atoms with van der Waals surface area (Å²) in [6.07, 6.45) is 5.40. The van der Waals surface area contributed by atoms with Crippen molar-refractivity contribution in [2.24, 2.45) is 0 Å². The van der Waals surface area contributed by atoms with Gasteiger partial charge >= 0.3 is 0 Å². The Labute approximate surface area is 93.7 Å². The molecule has 0 aliphatic heterocycles. The molecular weight excluding hydrogens is 208 g/mol. The van der Waals surface area contributed by atoms with Gasteiger partial charge in [-0.3, -0.25) is 0 Å². The lowest BCUT2D eigenvalue weighted by molar-refractivity contribution is 1.26. The van der Waals surface area contributed by atoms with E-state index in [2.05, 4.69) is 55.1 Å². The first-order valence-corrected chi connectivity index (χ1v) is 6.11. The van der Waals surface area contributed by atoms with E-state index in [0.717, 1.165) is 12.2 Å². The number of rotatable bonds is 3. The summed E-state index contributed by atoms with van der Waals surface area (Å²) in [6, 6.07) is 10.7. The van der Waals surface area contributed by atoms with Crippen LogP contribution in [0.3, 0.4) is 0 Å². The molecule has 2 rings (SSSR count). The highest BCUT2D eigenvalue weighted by atomic mass is 32.1. The van der Waals surface area contributed by atoms with Crippen LogP contribution in [-0.2, 0) is 0 Å². The molecule has 0 unspecified atom stereocenters. The molecule has 0 spiro atoms. The summed E-state index contributed by atoms with van der Waals surface area (Å²) in [4.78, 5) is 1.33. The van der Waals surface area contributed by atoms with Gasteiger partial charge in [-0.2, -0.15) is 12.6 Å². The minimum atomic E-state index is 0.918. The van der Waals surface area contributed by atoms with E-state index >= 15 is 0 Å². The lowest BCUT2D eigenvalue weighted by atomic mass is 10.2. The van der Waals surface area contributed by atoms with E-state index in [0.29, 0.717) is 0 Å². The van der Waals surface area contributed by atoms with Crippen LogP contribution in [-0.4, -0.2) is 5.75 Å². The van der Waals surface area contributed by atoms with Crippen LogP contribution in [0.25, 0.3) is 16.2 Å². The second-order valence-electron chi connectivity index (χ2n) is 3.10. The van der Waals surface area contributed by atoms with E-state index in [9.17, 15) is 0 Å². The maximum absolute atomic E-state index is 4.17. The predicted octanol–water partition coefficient (Wildman–Crippen LogP) is 4.23. The third-order valence-electron chi connectivity index (χ3n) is 2.02. The van der Waals surface area contributed by atoms with Gasteiger partial charge in [-0.05, 0) is 35.8 Å². The maximum atomic E-state index is 4.17. The zero-order chi connectivity index (χ0) is 9.80. The minimum absolute atomic E-state index is 0.918. The molecular formula is C12H12S2. The van der Waals surface area contributed by atoms with E-state index in [1.165, 1.54) is 15.0 Å². The molecule has 0 bridgehead atoms.